The summed E-state index contributed by atoms with van der Waals surface area (Å²) in [6.45, 7) is 4.07. The summed E-state index contributed by atoms with van der Waals surface area (Å²) < 4.78 is 29.9. The van der Waals surface area contributed by atoms with Crippen LogP contribution in [0.15, 0.2) is 22.7 Å². The number of benzene rings is 1. The first kappa shape index (κ1) is 17.5. The molecule has 0 aliphatic rings. The SMILES string of the molecule is CCCS(=O)(=O)CCOc1cc(Br)ccc1C(C)NC. The van der Waals surface area contributed by atoms with E-state index >= 15 is 0 Å². The molecule has 0 aliphatic carbocycles. The molecule has 0 saturated carbocycles. The molecule has 1 aromatic carbocycles. The summed E-state index contributed by atoms with van der Waals surface area (Å²) in [7, 11) is -1.13. The Hall–Kier alpha value is -0.590. The van der Waals surface area contributed by atoms with Crippen molar-refractivity contribution in [3.8, 4) is 5.75 Å². The first-order chi connectivity index (χ1) is 9.39. The number of hydrogen-bond donors (Lipinski definition) is 1. The molecular formula is C14H22BrNO3S. The molecule has 1 rings (SSSR count). The van der Waals surface area contributed by atoms with Crippen LogP contribution >= 0.6 is 15.9 Å². The summed E-state index contributed by atoms with van der Waals surface area (Å²) in [4.78, 5) is 0. The van der Waals surface area contributed by atoms with Gasteiger partial charge in [0, 0.05) is 16.1 Å². The Morgan fingerprint density at radius 2 is 2.05 bits per heavy atom. The Kier molecular flexibility index (Phi) is 6.99. The van der Waals surface area contributed by atoms with E-state index in [1.165, 1.54) is 0 Å². The first-order valence-electron chi connectivity index (χ1n) is 6.69. The zero-order valence-corrected chi connectivity index (χ0v) is 14.6. The molecule has 6 heteroatoms. The maximum absolute atomic E-state index is 11.7. The minimum absolute atomic E-state index is 0.0563. The number of nitrogens with one attached hydrogen (secondary N) is 1. The molecule has 0 amide bonds. The quantitative estimate of drug-likeness (QED) is 0.771. The van der Waals surface area contributed by atoms with E-state index in [1.54, 1.807) is 0 Å². The highest BCUT2D eigenvalue weighted by molar-refractivity contribution is 9.10. The molecule has 0 aromatic heterocycles. The molecule has 0 radical (unpaired) electrons. The Bertz CT molecular complexity index is 531. The van der Waals surface area contributed by atoms with Gasteiger partial charge in [-0.3, -0.25) is 0 Å². The van der Waals surface area contributed by atoms with Gasteiger partial charge < -0.3 is 10.1 Å². The highest BCUT2D eigenvalue weighted by Gasteiger charge is 2.13. The minimum atomic E-state index is -3.00. The van der Waals surface area contributed by atoms with Crippen molar-refractivity contribution in [2.75, 3.05) is 25.2 Å². The van der Waals surface area contributed by atoms with E-state index in [9.17, 15) is 8.42 Å². The lowest BCUT2D eigenvalue weighted by atomic mass is 10.1. The highest BCUT2D eigenvalue weighted by atomic mass is 79.9. The molecule has 0 aliphatic heterocycles. The van der Waals surface area contributed by atoms with Crippen LogP contribution < -0.4 is 10.1 Å². The number of rotatable bonds is 8. The third kappa shape index (κ3) is 5.42. The van der Waals surface area contributed by atoms with Crippen LogP contribution in [0, 0.1) is 0 Å². The van der Waals surface area contributed by atoms with E-state index in [0.717, 1.165) is 10.0 Å². The fourth-order valence-corrected chi connectivity index (χ4v) is 3.34. The molecule has 20 heavy (non-hydrogen) atoms. The number of sulfone groups is 1. The lowest BCUT2D eigenvalue weighted by Gasteiger charge is -2.17. The Balaban J connectivity index is 2.74. The van der Waals surface area contributed by atoms with Gasteiger partial charge >= 0.3 is 0 Å². The van der Waals surface area contributed by atoms with Crippen LogP contribution in [-0.2, 0) is 9.84 Å². The van der Waals surface area contributed by atoms with E-state index in [-0.39, 0.29) is 24.2 Å². The van der Waals surface area contributed by atoms with E-state index in [0.29, 0.717) is 12.2 Å². The average molecular weight is 364 g/mol. The van der Waals surface area contributed by atoms with Gasteiger partial charge in [-0.1, -0.05) is 28.9 Å². The van der Waals surface area contributed by atoms with E-state index in [4.69, 9.17) is 4.74 Å². The fourth-order valence-electron chi connectivity index (χ4n) is 1.84. The molecular weight excluding hydrogens is 342 g/mol. The van der Waals surface area contributed by atoms with Crippen LogP contribution in [0.4, 0.5) is 0 Å². The first-order valence-corrected chi connectivity index (χ1v) is 9.31. The van der Waals surface area contributed by atoms with Gasteiger partial charge in [0.05, 0.1) is 11.5 Å². The molecule has 0 spiro atoms. The molecule has 1 atom stereocenters. The van der Waals surface area contributed by atoms with Crippen molar-refractivity contribution >= 4 is 25.8 Å². The van der Waals surface area contributed by atoms with E-state index in [2.05, 4.69) is 21.2 Å². The van der Waals surface area contributed by atoms with Gasteiger partial charge in [-0.25, -0.2) is 8.42 Å². The van der Waals surface area contributed by atoms with Crippen LogP contribution in [0.3, 0.4) is 0 Å². The number of halogens is 1. The molecule has 0 saturated heterocycles. The molecule has 0 bridgehead atoms. The van der Waals surface area contributed by atoms with Gasteiger partial charge in [-0.05, 0) is 32.5 Å². The Morgan fingerprint density at radius 3 is 2.65 bits per heavy atom. The third-order valence-corrected chi connectivity index (χ3v) is 5.35. The van der Waals surface area contributed by atoms with Crippen molar-refractivity contribution in [3.63, 3.8) is 0 Å². The fraction of sp³-hybridized carbons (Fsp3) is 0.571. The van der Waals surface area contributed by atoms with Gasteiger partial charge in [-0.15, -0.1) is 0 Å². The zero-order valence-electron chi connectivity index (χ0n) is 12.1. The topological polar surface area (TPSA) is 55.4 Å². The van der Waals surface area contributed by atoms with Gasteiger partial charge in [-0.2, -0.15) is 0 Å². The summed E-state index contributed by atoms with van der Waals surface area (Å²) in [5.74, 6) is 0.989. The number of ether oxygens (including phenoxy) is 1. The van der Waals surface area contributed by atoms with Crippen LogP contribution in [0.25, 0.3) is 0 Å². The monoisotopic (exact) mass is 363 g/mol. The normalized spacial score (nSPS) is 13.2. The van der Waals surface area contributed by atoms with Crippen molar-refractivity contribution in [1.29, 1.82) is 0 Å². The Morgan fingerprint density at radius 1 is 1.35 bits per heavy atom. The minimum Gasteiger partial charge on any atom is -0.492 e. The predicted molar refractivity (Wildman–Crippen MR) is 86.1 cm³/mol. The average Bonchev–Trinajstić information content (AvgIpc) is 2.37. The molecule has 4 nitrogen and oxygen atoms in total. The molecule has 0 heterocycles. The van der Waals surface area contributed by atoms with Crippen molar-refractivity contribution in [2.24, 2.45) is 0 Å². The number of hydrogen-bond acceptors (Lipinski definition) is 4. The maximum Gasteiger partial charge on any atom is 0.153 e. The molecule has 0 fully saturated rings. The Labute approximate surface area is 130 Å². The second-order valence-corrected chi connectivity index (χ2v) is 7.91. The van der Waals surface area contributed by atoms with Crippen molar-refractivity contribution in [3.05, 3.63) is 28.2 Å². The predicted octanol–water partition coefficient (Wildman–Crippen LogP) is 2.93. The summed E-state index contributed by atoms with van der Waals surface area (Å²) >= 11 is 3.40. The summed E-state index contributed by atoms with van der Waals surface area (Å²) in [5.41, 5.74) is 1.02. The van der Waals surface area contributed by atoms with Crippen molar-refractivity contribution < 1.29 is 13.2 Å². The highest BCUT2D eigenvalue weighted by Crippen LogP contribution is 2.28. The standard InChI is InChI=1S/C14H22BrNO3S/c1-4-8-20(17,18)9-7-19-14-10-12(15)5-6-13(14)11(2)16-3/h5-6,10-11,16H,4,7-9H2,1-3H3. The van der Waals surface area contributed by atoms with Gasteiger partial charge in [0.15, 0.2) is 9.84 Å². The van der Waals surface area contributed by atoms with Crippen LogP contribution in [0.5, 0.6) is 5.75 Å². The molecule has 114 valence electrons. The van der Waals surface area contributed by atoms with E-state index < -0.39 is 9.84 Å². The largest absolute Gasteiger partial charge is 0.492 e. The summed E-state index contributed by atoms with van der Waals surface area (Å²) in [6, 6.07) is 5.94. The molecule has 1 unspecified atom stereocenters. The smallest absolute Gasteiger partial charge is 0.153 e. The lowest BCUT2D eigenvalue weighted by molar-refractivity contribution is 0.333. The maximum atomic E-state index is 11.7. The van der Waals surface area contributed by atoms with Crippen molar-refractivity contribution in [1.82, 2.24) is 5.32 Å². The molecule has 1 aromatic rings. The summed E-state index contributed by atoms with van der Waals surface area (Å²) in [5, 5.41) is 3.15. The second kappa shape index (κ2) is 8.00. The third-order valence-electron chi connectivity index (χ3n) is 3.04. The van der Waals surface area contributed by atoms with Crippen LogP contribution in [0.2, 0.25) is 0 Å². The molecule has 1 N–H and O–H groups in total. The van der Waals surface area contributed by atoms with Gasteiger partial charge in [0.2, 0.25) is 0 Å². The zero-order chi connectivity index (χ0) is 15.2. The van der Waals surface area contributed by atoms with Crippen LogP contribution in [-0.4, -0.2) is 33.6 Å². The lowest BCUT2D eigenvalue weighted by Crippen LogP contribution is -2.18. The van der Waals surface area contributed by atoms with Gasteiger partial charge in [0.25, 0.3) is 0 Å². The van der Waals surface area contributed by atoms with Gasteiger partial charge in [0.1, 0.15) is 12.4 Å². The summed E-state index contributed by atoms with van der Waals surface area (Å²) in [6.07, 6.45) is 0.640. The second-order valence-electron chi connectivity index (χ2n) is 4.69. The van der Waals surface area contributed by atoms with Crippen molar-refractivity contribution in [2.45, 2.75) is 26.3 Å². The van der Waals surface area contributed by atoms with E-state index in [1.807, 2.05) is 39.1 Å². The van der Waals surface area contributed by atoms with Crippen LogP contribution in [0.1, 0.15) is 31.9 Å².